The molecule has 192 valence electrons. The van der Waals surface area contributed by atoms with E-state index in [4.69, 9.17) is 9.15 Å². The minimum atomic E-state index is -0.462. The van der Waals surface area contributed by atoms with Crippen LogP contribution in [-0.2, 0) is 0 Å². The maximum absolute atomic E-state index is 13.5. The summed E-state index contributed by atoms with van der Waals surface area (Å²) in [6.45, 7) is 2.12. The molecular formula is C26H29N7O4. The number of carbonyl (C=O) groups is 1. The molecule has 4 aromatic rings. The lowest BCUT2D eigenvalue weighted by Gasteiger charge is -2.38. The second-order valence-electron chi connectivity index (χ2n) is 9.63. The van der Waals surface area contributed by atoms with Gasteiger partial charge in [0, 0.05) is 42.6 Å². The molecule has 1 aliphatic heterocycles. The number of pyridine rings is 1. The largest absolute Gasteiger partial charge is 0.497 e. The summed E-state index contributed by atoms with van der Waals surface area (Å²) in [5, 5.41) is 13.7. The molecule has 4 heterocycles. The van der Waals surface area contributed by atoms with Crippen LogP contribution in [0.2, 0.25) is 0 Å². The average molecular weight is 504 g/mol. The normalized spacial score (nSPS) is 17.9. The van der Waals surface area contributed by atoms with Gasteiger partial charge in [0.05, 0.1) is 19.4 Å². The molecule has 0 unspecified atom stereocenters. The van der Waals surface area contributed by atoms with E-state index in [2.05, 4.69) is 25.4 Å². The Hall–Kier alpha value is -3.99. The number of H-pyrrole nitrogens is 1. The van der Waals surface area contributed by atoms with Gasteiger partial charge in [-0.1, -0.05) is 12.8 Å². The fourth-order valence-electron chi connectivity index (χ4n) is 5.56. The van der Waals surface area contributed by atoms with Crippen molar-refractivity contribution in [3.8, 4) is 5.75 Å². The highest BCUT2D eigenvalue weighted by molar-refractivity contribution is 5.91. The van der Waals surface area contributed by atoms with Crippen molar-refractivity contribution in [2.45, 2.75) is 37.8 Å². The third-order valence-electron chi connectivity index (χ3n) is 7.51. The molecule has 0 bridgehead atoms. The standard InChI is InChI=1S/C26H29N7O4/c1-36-19-8-9-21-17(15-19)16-20(25(34)27-21)23(24-28-29-30-33(24)18-5-2-3-6-18)31-10-12-32(13-11-31)26(35)22-7-4-14-37-22/h4,7-9,14-16,18,23H,2-3,5-6,10-13H2,1H3,(H,27,34)/t23-/m0/s1. The Labute approximate surface area is 213 Å². The van der Waals surface area contributed by atoms with Crippen molar-refractivity contribution in [2.24, 2.45) is 0 Å². The monoisotopic (exact) mass is 503 g/mol. The first-order valence-corrected chi connectivity index (χ1v) is 12.7. The first-order chi connectivity index (χ1) is 18.1. The maximum Gasteiger partial charge on any atom is 0.289 e. The number of nitrogens with one attached hydrogen (secondary N) is 1. The number of rotatable bonds is 6. The van der Waals surface area contributed by atoms with Crippen LogP contribution in [0.15, 0.2) is 51.9 Å². The number of fused-ring (bicyclic) bond motifs is 1. The van der Waals surface area contributed by atoms with Gasteiger partial charge in [-0.3, -0.25) is 14.5 Å². The zero-order valence-corrected chi connectivity index (χ0v) is 20.7. The van der Waals surface area contributed by atoms with Crippen LogP contribution in [0.3, 0.4) is 0 Å². The Morgan fingerprint density at radius 2 is 1.95 bits per heavy atom. The third-order valence-corrected chi connectivity index (χ3v) is 7.51. The number of hydrogen-bond donors (Lipinski definition) is 1. The number of benzene rings is 1. The van der Waals surface area contributed by atoms with Gasteiger partial charge < -0.3 is 19.0 Å². The summed E-state index contributed by atoms with van der Waals surface area (Å²) in [4.78, 5) is 33.3. The van der Waals surface area contributed by atoms with Crippen LogP contribution in [0.1, 0.15) is 59.7 Å². The highest BCUT2D eigenvalue weighted by Crippen LogP contribution is 2.34. The molecule has 1 amide bonds. The number of aromatic amines is 1. The van der Waals surface area contributed by atoms with Gasteiger partial charge in [0.1, 0.15) is 11.8 Å². The Morgan fingerprint density at radius 1 is 1.14 bits per heavy atom. The zero-order chi connectivity index (χ0) is 25.4. The number of methoxy groups -OCH3 is 1. The van der Waals surface area contributed by atoms with Crippen molar-refractivity contribution in [3.63, 3.8) is 0 Å². The fraction of sp³-hybridized carbons (Fsp3) is 0.423. The second-order valence-corrected chi connectivity index (χ2v) is 9.63. The Balaban J connectivity index is 1.38. The zero-order valence-electron chi connectivity index (χ0n) is 20.7. The van der Waals surface area contributed by atoms with Gasteiger partial charge in [0.2, 0.25) is 0 Å². The molecule has 3 aromatic heterocycles. The summed E-state index contributed by atoms with van der Waals surface area (Å²) in [6, 6.07) is 10.6. The SMILES string of the molecule is COc1ccc2[nH]c(=O)c([C@@H](c3nnnn3C3CCCC3)N3CCN(C(=O)c4ccco4)CC3)cc2c1. The highest BCUT2D eigenvalue weighted by atomic mass is 16.5. The van der Waals surface area contributed by atoms with Crippen LogP contribution in [0.5, 0.6) is 5.75 Å². The van der Waals surface area contributed by atoms with E-state index in [-0.39, 0.29) is 17.5 Å². The van der Waals surface area contributed by atoms with Crippen molar-refractivity contribution in [2.75, 3.05) is 33.3 Å². The molecular weight excluding hydrogens is 474 g/mol. The van der Waals surface area contributed by atoms with E-state index in [1.165, 1.54) is 6.26 Å². The molecule has 11 nitrogen and oxygen atoms in total. The Kier molecular flexibility index (Phi) is 6.21. The third kappa shape index (κ3) is 4.39. The second kappa shape index (κ2) is 9.81. The molecule has 2 fully saturated rings. The molecule has 0 radical (unpaired) electrons. The van der Waals surface area contributed by atoms with E-state index < -0.39 is 6.04 Å². The Bertz CT molecular complexity index is 1450. The van der Waals surface area contributed by atoms with Crippen LogP contribution in [0.4, 0.5) is 0 Å². The first-order valence-electron chi connectivity index (χ1n) is 12.7. The molecule has 1 atom stereocenters. The Morgan fingerprint density at radius 3 is 2.68 bits per heavy atom. The van der Waals surface area contributed by atoms with Crippen molar-refractivity contribution >= 4 is 16.8 Å². The molecule has 2 aliphatic rings. The highest BCUT2D eigenvalue weighted by Gasteiger charge is 2.35. The van der Waals surface area contributed by atoms with E-state index in [1.54, 1.807) is 24.1 Å². The number of hydrogen-bond acceptors (Lipinski definition) is 8. The molecule has 1 N–H and O–H groups in total. The summed E-state index contributed by atoms with van der Waals surface area (Å²) in [5.41, 5.74) is 1.12. The minimum Gasteiger partial charge on any atom is -0.497 e. The number of carbonyl (C=O) groups excluding carboxylic acids is 1. The van der Waals surface area contributed by atoms with Crippen molar-refractivity contribution in [1.29, 1.82) is 0 Å². The van der Waals surface area contributed by atoms with Crippen LogP contribution in [0.25, 0.3) is 10.9 Å². The predicted molar refractivity (Wildman–Crippen MR) is 134 cm³/mol. The van der Waals surface area contributed by atoms with E-state index in [0.29, 0.717) is 49.1 Å². The fourth-order valence-corrected chi connectivity index (χ4v) is 5.56. The van der Waals surface area contributed by atoms with Crippen molar-refractivity contribution in [3.05, 3.63) is 70.2 Å². The minimum absolute atomic E-state index is 0.132. The summed E-state index contributed by atoms with van der Waals surface area (Å²) in [7, 11) is 1.62. The van der Waals surface area contributed by atoms with Crippen LogP contribution in [-0.4, -0.2) is 74.2 Å². The predicted octanol–water partition coefficient (Wildman–Crippen LogP) is 2.78. The molecule has 0 spiro atoms. The first kappa shape index (κ1) is 23.4. The number of ether oxygens (including phenoxy) is 1. The van der Waals surface area contributed by atoms with E-state index >= 15 is 0 Å². The lowest BCUT2D eigenvalue weighted by atomic mass is 10.0. The number of tetrazole rings is 1. The molecule has 1 saturated carbocycles. The van der Waals surface area contributed by atoms with E-state index in [0.717, 1.165) is 36.6 Å². The maximum atomic E-state index is 13.5. The molecule has 11 heteroatoms. The average Bonchev–Trinajstić information content (AvgIpc) is 3.72. The van der Waals surface area contributed by atoms with Gasteiger partial charge in [-0.2, -0.15) is 0 Å². The lowest BCUT2D eigenvalue weighted by molar-refractivity contribution is 0.0557. The van der Waals surface area contributed by atoms with E-state index in [9.17, 15) is 9.59 Å². The number of amides is 1. The van der Waals surface area contributed by atoms with Crippen molar-refractivity contribution in [1.82, 2.24) is 35.0 Å². The van der Waals surface area contributed by atoms with Gasteiger partial charge in [-0.05, 0) is 59.7 Å². The molecule has 1 aromatic carbocycles. The molecule has 1 saturated heterocycles. The molecule has 6 rings (SSSR count). The van der Waals surface area contributed by atoms with Gasteiger partial charge in [0.25, 0.3) is 11.5 Å². The number of furan rings is 1. The molecule has 37 heavy (non-hydrogen) atoms. The van der Waals surface area contributed by atoms with Gasteiger partial charge >= 0.3 is 0 Å². The summed E-state index contributed by atoms with van der Waals surface area (Å²) in [5.74, 6) is 1.57. The van der Waals surface area contributed by atoms with Crippen LogP contribution < -0.4 is 10.3 Å². The van der Waals surface area contributed by atoms with Gasteiger partial charge in [-0.25, -0.2) is 4.68 Å². The van der Waals surface area contributed by atoms with Crippen LogP contribution >= 0.6 is 0 Å². The number of piperazine rings is 1. The smallest absolute Gasteiger partial charge is 0.289 e. The number of nitrogens with zero attached hydrogens (tertiary/aromatic N) is 6. The van der Waals surface area contributed by atoms with Gasteiger partial charge in [-0.15, -0.1) is 5.10 Å². The van der Waals surface area contributed by atoms with Crippen molar-refractivity contribution < 1.29 is 13.9 Å². The number of aromatic nitrogens is 5. The lowest BCUT2D eigenvalue weighted by Crippen LogP contribution is -2.50. The summed E-state index contributed by atoms with van der Waals surface area (Å²) < 4.78 is 12.6. The van der Waals surface area contributed by atoms with E-state index in [1.807, 2.05) is 28.9 Å². The summed E-state index contributed by atoms with van der Waals surface area (Å²) >= 11 is 0. The summed E-state index contributed by atoms with van der Waals surface area (Å²) in [6.07, 6.45) is 5.81. The topological polar surface area (TPSA) is 122 Å². The van der Waals surface area contributed by atoms with Crippen LogP contribution in [0, 0.1) is 0 Å². The molecule has 1 aliphatic carbocycles. The quantitative estimate of drug-likeness (QED) is 0.426. The van der Waals surface area contributed by atoms with Gasteiger partial charge in [0.15, 0.2) is 11.6 Å².